The summed E-state index contributed by atoms with van der Waals surface area (Å²) >= 11 is 1.69. The highest BCUT2D eigenvalue weighted by atomic mass is 32.2. The average molecular weight is 261 g/mol. The summed E-state index contributed by atoms with van der Waals surface area (Å²) in [7, 11) is 0. The molecule has 2 N–H and O–H groups in total. The van der Waals surface area contributed by atoms with E-state index in [1.165, 1.54) is 17.0 Å². The summed E-state index contributed by atoms with van der Waals surface area (Å²) in [6.45, 7) is 1.87. The van der Waals surface area contributed by atoms with Gasteiger partial charge in [-0.2, -0.15) is 0 Å². The van der Waals surface area contributed by atoms with Crippen LogP contribution >= 0.6 is 11.8 Å². The lowest BCUT2D eigenvalue weighted by Gasteiger charge is -2.14. The fourth-order valence-electron chi connectivity index (χ4n) is 1.95. The molecule has 0 saturated heterocycles. The Kier molecular flexibility index (Phi) is 4.04. The van der Waals surface area contributed by atoms with Crippen LogP contribution in [-0.2, 0) is 0 Å². The minimum Gasteiger partial charge on any atom is -0.320 e. The van der Waals surface area contributed by atoms with Gasteiger partial charge in [-0.05, 0) is 54.1 Å². The van der Waals surface area contributed by atoms with E-state index in [0.717, 1.165) is 16.7 Å². The standard InChI is InChI=1S/C15H16FNS/c1-10-7-12(9-13(16)8-10)15(17)11-3-5-14(18-2)6-4-11/h3-9,15H,17H2,1-2H3. The van der Waals surface area contributed by atoms with Crippen LogP contribution in [0.5, 0.6) is 0 Å². The van der Waals surface area contributed by atoms with Crippen molar-refractivity contribution in [2.24, 2.45) is 5.73 Å². The fraction of sp³-hybridized carbons (Fsp3) is 0.200. The van der Waals surface area contributed by atoms with Crippen LogP contribution in [0.1, 0.15) is 22.7 Å². The molecule has 94 valence electrons. The predicted octanol–water partition coefficient (Wildman–Crippen LogP) is 3.90. The van der Waals surface area contributed by atoms with Gasteiger partial charge in [-0.1, -0.05) is 18.2 Å². The number of hydrogen-bond donors (Lipinski definition) is 1. The van der Waals surface area contributed by atoms with E-state index in [1.54, 1.807) is 11.8 Å². The molecule has 0 aliphatic heterocycles. The van der Waals surface area contributed by atoms with Crippen LogP contribution in [-0.4, -0.2) is 6.26 Å². The maximum absolute atomic E-state index is 13.4. The number of halogens is 1. The third kappa shape index (κ3) is 2.92. The van der Waals surface area contributed by atoms with Gasteiger partial charge in [0.05, 0.1) is 6.04 Å². The predicted molar refractivity (Wildman–Crippen MR) is 75.4 cm³/mol. The summed E-state index contributed by atoms with van der Waals surface area (Å²) in [5, 5.41) is 0. The zero-order chi connectivity index (χ0) is 13.1. The second kappa shape index (κ2) is 5.55. The van der Waals surface area contributed by atoms with Crippen molar-refractivity contribution in [3.63, 3.8) is 0 Å². The van der Waals surface area contributed by atoms with Crippen molar-refractivity contribution in [1.29, 1.82) is 0 Å². The lowest BCUT2D eigenvalue weighted by molar-refractivity contribution is 0.622. The van der Waals surface area contributed by atoms with Gasteiger partial charge in [-0.25, -0.2) is 4.39 Å². The van der Waals surface area contributed by atoms with Crippen molar-refractivity contribution >= 4 is 11.8 Å². The summed E-state index contributed by atoms with van der Waals surface area (Å²) < 4.78 is 13.4. The highest BCUT2D eigenvalue weighted by Crippen LogP contribution is 2.23. The van der Waals surface area contributed by atoms with Gasteiger partial charge in [-0.3, -0.25) is 0 Å². The van der Waals surface area contributed by atoms with Crippen molar-refractivity contribution in [3.05, 3.63) is 65.0 Å². The molecule has 0 heterocycles. The van der Waals surface area contributed by atoms with Gasteiger partial charge < -0.3 is 5.73 Å². The Hall–Kier alpha value is -1.32. The summed E-state index contributed by atoms with van der Waals surface area (Å²) in [6, 6.07) is 12.7. The van der Waals surface area contributed by atoms with Crippen molar-refractivity contribution in [2.45, 2.75) is 17.9 Å². The van der Waals surface area contributed by atoms with Crippen molar-refractivity contribution in [2.75, 3.05) is 6.26 Å². The molecular weight excluding hydrogens is 245 g/mol. The molecule has 18 heavy (non-hydrogen) atoms. The molecule has 0 saturated carbocycles. The highest BCUT2D eigenvalue weighted by molar-refractivity contribution is 7.98. The Balaban J connectivity index is 2.31. The zero-order valence-corrected chi connectivity index (χ0v) is 11.3. The van der Waals surface area contributed by atoms with E-state index in [9.17, 15) is 4.39 Å². The Labute approximate surface area is 111 Å². The Morgan fingerprint density at radius 3 is 2.28 bits per heavy atom. The Bertz CT molecular complexity index is 516. The molecule has 0 bridgehead atoms. The fourth-order valence-corrected chi connectivity index (χ4v) is 2.36. The Morgan fingerprint density at radius 1 is 1.06 bits per heavy atom. The number of nitrogens with two attached hydrogens (primary N) is 1. The summed E-state index contributed by atoms with van der Waals surface area (Å²) in [5.74, 6) is -0.235. The number of rotatable bonds is 3. The van der Waals surface area contributed by atoms with Gasteiger partial charge in [0, 0.05) is 4.90 Å². The number of aryl methyl sites for hydroxylation is 1. The molecule has 0 spiro atoms. The van der Waals surface area contributed by atoms with Crippen LogP contribution in [0, 0.1) is 12.7 Å². The third-order valence-electron chi connectivity index (χ3n) is 2.90. The van der Waals surface area contributed by atoms with Crippen LogP contribution in [0.15, 0.2) is 47.4 Å². The van der Waals surface area contributed by atoms with E-state index in [0.29, 0.717) is 0 Å². The molecule has 1 unspecified atom stereocenters. The first-order valence-electron chi connectivity index (χ1n) is 5.77. The van der Waals surface area contributed by atoms with E-state index in [4.69, 9.17) is 5.73 Å². The largest absolute Gasteiger partial charge is 0.320 e. The molecule has 0 fully saturated rings. The number of thioether (sulfide) groups is 1. The summed E-state index contributed by atoms with van der Waals surface area (Å²) in [4.78, 5) is 1.20. The minimum absolute atomic E-state index is 0.235. The normalized spacial score (nSPS) is 12.4. The van der Waals surface area contributed by atoms with Crippen LogP contribution in [0.4, 0.5) is 4.39 Å². The van der Waals surface area contributed by atoms with Crippen LogP contribution in [0.25, 0.3) is 0 Å². The molecule has 2 rings (SSSR count). The lowest BCUT2D eigenvalue weighted by atomic mass is 9.98. The molecule has 2 aromatic carbocycles. The number of hydrogen-bond acceptors (Lipinski definition) is 2. The second-order valence-corrected chi connectivity index (χ2v) is 5.19. The zero-order valence-electron chi connectivity index (χ0n) is 10.5. The SMILES string of the molecule is CSc1ccc(C(N)c2cc(C)cc(F)c2)cc1. The van der Waals surface area contributed by atoms with Gasteiger partial charge in [0.25, 0.3) is 0 Å². The van der Waals surface area contributed by atoms with Gasteiger partial charge in [0.15, 0.2) is 0 Å². The quantitative estimate of drug-likeness (QED) is 0.848. The summed E-state index contributed by atoms with van der Waals surface area (Å²) in [5.41, 5.74) is 8.87. The van der Waals surface area contributed by atoms with E-state index in [1.807, 2.05) is 43.5 Å². The van der Waals surface area contributed by atoms with Crippen LogP contribution in [0.3, 0.4) is 0 Å². The first-order chi connectivity index (χ1) is 8.60. The molecule has 1 atom stereocenters. The molecule has 0 radical (unpaired) electrons. The van der Waals surface area contributed by atoms with Crippen molar-refractivity contribution < 1.29 is 4.39 Å². The third-order valence-corrected chi connectivity index (χ3v) is 3.64. The first-order valence-corrected chi connectivity index (χ1v) is 6.99. The summed E-state index contributed by atoms with van der Waals surface area (Å²) in [6.07, 6.45) is 2.03. The van der Waals surface area contributed by atoms with E-state index >= 15 is 0 Å². The molecule has 0 aliphatic rings. The monoisotopic (exact) mass is 261 g/mol. The van der Waals surface area contributed by atoms with E-state index < -0.39 is 0 Å². The molecule has 3 heteroatoms. The van der Waals surface area contributed by atoms with Crippen LogP contribution < -0.4 is 5.73 Å². The first kappa shape index (κ1) is 13.1. The van der Waals surface area contributed by atoms with Crippen LogP contribution in [0.2, 0.25) is 0 Å². The molecule has 0 amide bonds. The maximum atomic E-state index is 13.4. The van der Waals surface area contributed by atoms with Gasteiger partial charge in [0.1, 0.15) is 5.82 Å². The van der Waals surface area contributed by atoms with E-state index in [-0.39, 0.29) is 11.9 Å². The molecule has 0 aliphatic carbocycles. The molecule has 0 aromatic heterocycles. The van der Waals surface area contributed by atoms with Gasteiger partial charge >= 0.3 is 0 Å². The lowest BCUT2D eigenvalue weighted by Crippen LogP contribution is -2.12. The molecular formula is C15H16FNS. The molecule has 2 aromatic rings. The smallest absolute Gasteiger partial charge is 0.123 e. The Morgan fingerprint density at radius 2 is 1.72 bits per heavy atom. The molecule has 1 nitrogen and oxygen atoms in total. The van der Waals surface area contributed by atoms with Crippen molar-refractivity contribution in [3.8, 4) is 0 Å². The van der Waals surface area contributed by atoms with E-state index in [2.05, 4.69) is 0 Å². The number of benzene rings is 2. The van der Waals surface area contributed by atoms with Gasteiger partial charge in [0.2, 0.25) is 0 Å². The average Bonchev–Trinajstić information content (AvgIpc) is 2.37. The maximum Gasteiger partial charge on any atom is 0.123 e. The topological polar surface area (TPSA) is 26.0 Å². The highest BCUT2D eigenvalue weighted by Gasteiger charge is 2.10. The second-order valence-electron chi connectivity index (χ2n) is 4.31. The minimum atomic E-state index is -0.282. The van der Waals surface area contributed by atoms with Crippen molar-refractivity contribution in [1.82, 2.24) is 0 Å². The van der Waals surface area contributed by atoms with Gasteiger partial charge in [-0.15, -0.1) is 11.8 Å².